The van der Waals surface area contributed by atoms with Gasteiger partial charge in [0.25, 0.3) is 5.91 Å². The maximum Gasteiger partial charge on any atom is 0.309 e. The molecule has 1 saturated heterocycles. The molecule has 2 aromatic heterocycles. The number of thiazole rings is 1. The average molecular weight is 408 g/mol. The van der Waals surface area contributed by atoms with Crippen molar-refractivity contribution in [3.05, 3.63) is 33.5 Å². The monoisotopic (exact) mass is 407 g/mol. The molecule has 0 spiro atoms. The van der Waals surface area contributed by atoms with Crippen molar-refractivity contribution >= 4 is 45.6 Å². The minimum atomic E-state index is -0.204. The smallest absolute Gasteiger partial charge is 0.309 e. The van der Waals surface area contributed by atoms with Crippen LogP contribution in [-0.4, -0.2) is 47.4 Å². The van der Waals surface area contributed by atoms with Crippen LogP contribution < -0.4 is 5.32 Å². The Morgan fingerprint density at radius 2 is 2.07 bits per heavy atom. The summed E-state index contributed by atoms with van der Waals surface area (Å²) in [6, 6.07) is 1.75. The first-order valence-electron chi connectivity index (χ1n) is 8.79. The van der Waals surface area contributed by atoms with Gasteiger partial charge in [-0.05, 0) is 31.2 Å². The average Bonchev–Trinajstić information content (AvgIpc) is 3.34. The first-order chi connectivity index (χ1) is 13.1. The summed E-state index contributed by atoms with van der Waals surface area (Å²) < 4.78 is 5.05. The highest BCUT2D eigenvalue weighted by Crippen LogP contribution is 2.21. The third-order valence-corrected chi connectivity index (χ3v) is 5.85. The topological polar surface area (TPSA) is 88.6 Å². The van der Waals surface area contributed by atoms with Crippen molar-refractivity contribution in [2.75, 3.05) is 25.0 Å². The van der Waals surface area contributed by atoms with Crippen LogP contribution >= 0.6 is 22.7 Å². The first-order valence-corrected chi connectivity index (χ1v) is 10.6. The highest BCUT2D eigenvalue weighted by molar-refractivity contribution is 7.14. The van der Waals surface area contributed by atoms with Crippen molar-refractivity contribution in [1.29, 1.82) is 0 Å². The number of hydrogen-bond donors (Lipinski definition) is 1. The van der Waals surface area contributed by atoms with Crippen LogP contribution in [-0.2, 0) is 20.7 Å². The summed E-state index contributed by atoms with van der Waals surface area (Å²) in [5.74, 6) is -0.509. The molecule has 3 heterocycles. The zero-order valence-electron chi connectivity index (χ0n) is 15.0. The molecule has 0 bridgehead atoms. The van der Waals surface area contributed by atoms with Gasteiger partial charge in [0.1, 0.15) is 0 Å². The zero-order chi connectivity index (χ0) is 19.2. The van der Waals surface area contributed by atoms with Gasteiger partial charge in [0.2, 0.25) is 5.91 Å². The van der Waals surface area contributed by atoms with Crippen LogP contribution in [0.25, 0.3) is 0 Å². The van der Waals surface area contributed by atoms with Crippen LogP contribution in [0.2, 0.25) is 0 Å². The van der Waals surface area contributed by atoms with Crippen LogP contribution in [0.5, 0.6) is 0 Å². The number of carbonyl (C=O) groups is 3. The van der Waals surface area contributed by atoms with Crippen LogP contribution in [0.3, 0.4) is 0 Å². The quantitative estimate of drug-likeness (QED) is 0.744. The van der Waals surface area contributed by atoms with Crippen molar-refractivity contribution in [3.8, 4) is 0 Å². The largest absolute Gasteiger partial charge is 0.466 e. The molecule has 0 aliphatic carbocycles. The summed E-state index contributed by atoms with van der Waals surface area (Å²) in [6.07, 6.45) is 1.45. The molecule has 0 atom stereocenters. The predicted molar refractivity (Wildman–Crippen MR) is 104 cm³/mol. The van der Waals surface area contributed by atoms with Crippen LogP contribution in [0.15, 0.2) is 22.2 Å². The molecule has 1 aliphatic heterocycles. The van der Waals surface area contributed by atoms with Gasteiger partial charge in [-0.25, -0.2) is 4.98 Å². The number of nitrogens with one attached hydrogen (secondary N) is 1. The highest BCUT2D eigenvalue weighted by atomic mass is 32.1. The molecule has 7 nitrogen and oxygen atoms in total. The summed E-state index contributed by atoms with van der Waals surface area (Å²) >= 11 is 2.76. The van der Waals surface area contributed by atoms with Gasteiger partial charge in [0.15, 0.2) is 5.13 Å². The molecule has 0 saturated carbocycles. The van der Waals surface area contributed by atoms with E-state index in [1.165, 1.54) is 22.7 Å². The maximum atomic E-state index is 12.5. The van der Waals surface area contributed by atoms with Crippen molar-refractivity contribution < 1.29 is 19.1 Å². The molecule has 9 heteroatoms. The fourth-order valence-electron chi connectivity index (χ4n) is 2.90. The summed E-state index contributed by atoms with van der Waals surface area (Å²) in [5, 5.41) is 8.62. The molecular formula is C18H21N3O4S2. The summed E-state index contributed by atoms with van der Waals surface area (Å²) in [4.78, 5) is 42.4. The lowest BCUT2D eigenvalue weighted by atomic mass is 9.97. The number of rotatable bonds is 6. The Labute approximate surface area is 165 Å². The molecular weight excluding hydrogens is 386 g/mol. The molecule has 27 heavy (non-hydrogen) atoms. The van der Waals surface area contributed by atoms with E-state index in [9.17, 15) is 14.4 Å². The second-order valence-corrected chi connectivity index (χ2v) is 7.83. The highest BCUT2D eigenvalue weighted by Gasteiger charge is 2.28. The lowest BCUT2D eigenvalue weighted by molar-refractivity contribution is -0.151. The number of carbonyl (C=O) groups excluding carboxylic acids is 3. The van der Waals surface area contributed by atoms with Gasteiger partial charge in [-0.2, -0.15) is 11.3 Å². The third-order valence-electron chi connectivity index (χ3n) is 4.36. The number of esters is 1. The number of thiophene rings is 1. The lowest BCUT2D eigenvalue weighted by Crippen LogP contribution is -2.41. The second-order valence-electron chi connectivity index (χ2n) is 6.19. The molecule has 144 valence electrons. The molecule has 2 aromatic rings. The van der Waals surface area contributed by atoms with E-state index in [4.69, 9.17) is 4.74 Å². The summed E-state index contributed by atoms with van der Waals surface area (Å²) in [7, 11) is 0. The van der Waals surface area contributed by atoms with E-state index in [1.54, 1.807) is 28.7 Å². The summed E-state index contributed by atoms with van der Waals surface area (Å²) in [5.41, 5.74) is 1.23. The Morgan fingerprint density at radius 1 is 1.30 bits per heavy atom. The fourth-order valence-corrected chi connectivity index (χ4v) is 4.24. The molecule has 0 radical (unpaired) electrons. The number of hydrogen-bond acceptors (Lipinski definition) is 7. The van der Waals surface area contributed by atoms with Gasteiger partial charge in [-0.3, -0.25) is 19.7 Å². The summed E-state index contributed by atoms with van der Waals surface area (Å²) in [6.45, 7) is 3.27. The number of aromatic nitrogens is 1. The molecule has 1 N–H and O–H groups in total. The number of anilines is 1. The van der Waals surface area contributed by atoms with E-state index in [1.807, 2.05) is 5.38 Å². The van der Waals surface area contributed by atoms with Crippen molar-refractivity contribution in [1.82, 2.24) is 9.88 Å². The standard InChI is InChI=1S/C18H21N3O4S2/c1-2-25-17(24)12-3-6-21(7-4-12)15(22)9-14-11-27-18(19-14)20-16(23)13-5-8-26-10-13/h5,8,10-12H,2-4,6-7,9H2,1H3,(H,19,20,23). The van der Waals surface area contributed by atoms with Crippen LogP contribution in [0.4, 0.5) is 5.13 Å². The number of nitrogens with zero attached hydrogens (tertiary/aromatic N) is 2. The molecule has 1 fully saturated rings. The lowest BCUT2D eigenvalue weighted by Gasteiger charge is -2.30. The zero-order valence-corrected chi connectivity index (χ0v) is 16.6. The third kappa shape index (κ3) is 5.14. The normalized spacial score (nSPS) is 14.8. The van der Waals surface area contributed by atoms with Gasteiger partial charge >= 0.3 is 5.97 Å². The fraction of sp³-hybridized carbons (Fsp3) is 0.444. The van der Waals surface area contributed by atoms with Gasteiger partial charge < -0.3 is 9.64 Å². The number of piperidine rings is 1. The maximum absolute atomic E-state index is 12.5. The van der Waals surface area contributed by atoms with Gasteiger partial charge in [0, 0.05) is 23.8 Å². The Hall–Kier alpha value is -2.26. The Balaban J connectivity index is 1.48. The van der Waals surface area contributed by atoms with Gasteiger partial charge in [-0.1, -0.05) is 0 Å². The number of amides is 2. The molecule has 3 rings (SSSR count). The van der Waals surface area contributed by atoms with E-state index >= 15 is 0 Å². The van der Waals surface area contributed by atoms with Crippen molar-refractivity contribution in [2.24, 2.45) is 5.92 Å². The predicted octanol–water partition coefficient (Wildman–Crippen LogP) is 2.80. The Bertz CT molecular complexity index is 795. The second kappa shape index (κ2) is 9.09. The number of ether oxygens (including phenoxy) is 1. The minimum Gasteiger partial charge on any atom is -0.466 e. The number of likely N-dealkylation sites (tertiary alicyclic amines) is 1. The minimum absolute atomic E-state index is 0.0154. The van der Waals surface area contributed by atoms with Crippen LogP contribution in [0, 0.1) is 5.92 Å². The van der Waals surface area contributed by atoms with E-state index in [-0.39, 0.29) is 30.1 Å². The molecule has 0 unspecified atom stereocenters. The van der Waals surface area contributed by atoms with E-state index in [0.717, 1.165) is 0 Å². The molecule has 2 amide bonds. The van der Waals surface area contributed by atoms with Gasteiger partial charge in [0.05, 0.1) is 30.2 Å². The molecule has 1 aliphatic rings. The van der Waals surface area contributed by atoms with E-state index in [2.05, 4.69) is 10.3 Å². The molecule has 0 aromatic carbocycles. The SMILES string of the molecule is CCOC(=O)C1CCN(C(=O)Cc2csc(NC(=O)c3ccsc3)n2)CC1. The van der Waals surface area contributed by atoms with E-state index < -0.39 is 0 Å². The first kappa shape index (κ1) is 19.5. The van der Waals surface area contributed by atoms with Crippen molar-refractivity contribution in [3.63, 3.8) is 0 Å². The Morgan fingerprint density at radius 3 is 2.74 bits per heavy atom. The Kier molecular flexibility index (Phi) is 6.57. The van der Waals surface area contributed by atoms with E-state index in [0.29, 0.717) is 48.9 Å². The van der Waals surface area contributed by atoms with Gasteiger partial charge in [-0.15, -0.1) is 11.3 Å². The van der Waals surface area contributed by atoms with Crippen LogP contribution in [0.1, 0.15) is 35.8 Å². The van der Waals surface area contributed by atoms with Crippen molar-refractivity contribution in [2.45, 2.75) is 26.2 Å².